The summed E-state index contributed by atoms with van der Waals surface area (Å²) in [6.45, 7) is 1.83. The first-order chi connectivity index (χ1) is 8.95. The number of aromatic nitrogens is 1. The maximum Gasteiger partial charge on any atom is 0.229 e. The van der Waals surface area contributed by atoms with E-state index in [0.29, 0.717) is 3.95 Å². The van der Waals surface area contributed by atoms with Gasteiger partial charge in [-0.1, -0.05) is 0 Å². The molecule has 19 heavy (non-hydrogen) atoms. The van der Waals surface area contributed by atoms with Crippen LogP contribution in [0.5, 0.6) is 0 Å². The van der Waals surface area contributed by atoms with E-state index in [1.807, 2.05) is 6.92 Å². The highest BCUT2D eigenvalue weighted by Crippen LogP contribution is 2.17. The van der Waals surface area contributed by atoms with E-state index >= 15 is 0 Å². The van der Waals surface area contributed by atoms with Crippen LogP contribution in [-0.4, -0.2) is 10.9 Å². The van der Waals surface area contributed by atoms with Crippen molar-refractivity contribution in [3.8, 4) is 0 Å². The van der Waals surface area contributed by atoms with Crippen LogP contribution in [0, 0.1) is 22.5 Å². The Morgan fingerprint density at radius 2 is 2.16 bits per heavy atom. The van der Waals surface area contributed by atoms with Crippen molar-refractivity contribution in [1.29, 1.82) is 0 Å². The van der Waals surface area contributed by atoms with E-state index in [4.69, 9.17) is 12.2 Å². The molecule has 1 aromatic carbocycles. The van der Waals surface area contributed by atoms with Gasteiger partial charge in [0.05, 0.1) is 6.42 Å². The van der Waals surface area contributed by atoms with Gasteiger partial charge in [-0.2, -0.15) is 0 Å². The Labute approximate surface area is 117 Å². The summed E-state index contributed by atoms with van der Waals surface area (Å²) in [7, 11) is 0. The number of thiazole rings is 1. The number of rotatable bonds is 3. The van der Waals surface area contributed by atoms with Gasteiger partial charge in [0.2, 0.25) is 5.91 Å². The zero-order valence-corrected chi connectivity index (χ0v) is 11.6. The van der Waals surface area contributed by atoms with E-state index in [1.165, 1.54) is 17.4 Å². The zero-order chi connectivity index (χ0) is 14.0. The van der Waals surface area contributed by atoms with Crippen molar-refractivity contribution in [2.24, 2.45) is 0 Å². The zero-order valence-electron chi connectivity index (χ0n) is 9.92. The van der Waals surface area contributed by atoms with Crippen LogP contribution >= 0.6 is 23.6 Å². The summed E-state index contributed by atoms with van der Waals surface area (Å²) >= 11 is 6.30. The van der Waals surface area contributed by atoms with Gasteiger partial charge in [0.1, 0.15) is 0 Å². The molecule has 100 valence electrons. The molecule has 0 aliphatic carbocycles. The Morgan fingerprint density at radius 3 is 2.74 bits per heavy atom. The molecule has 0 aliphatic heterocycles. The number of benzene rings is 1. The highest BCUT2D eigenvalue weighted by atomic mass is 32.1. The van der Waals surface area contributed by atoms with Crippen molar-refractivity contribution in [3.05, 3.63) is 44.4 Å². The van der Waals surface area contributed by atoms with Crippen molar-refractivity contribution >= 4 is 35.1 Å². The Morgan fingerprint density at radius 1 is 1.42 bits per heavy atom. The lowest BCUT2D eigenvalue weighted by atomic mass is 10.2. The number of aryl methyl sites for hydroxylation is 1. The number of carbonyl (C=O) groups is 1. The second-order valence-electron chi connectivity index (χ2n) is 3.92. The summed E-state index contributed by atoms with van der Waals surface area (Å²) in [6, 6.07) is 3.22. The average Bonchev–Trinajstić information content (AvgIpc) is 2.62. The number of amides is 1. The standard InChI is InChI=1S/C12H10F2N2OS2/c1-6-10(19-12(18)15-6)5-11(17)16-7-2-3-8(13)9(14)4-7/h2-4H,5H2,1H3,(H,15,18)(H,16,17). The van der Waals surface area contributed by atoms with Crippen LogP contribution < -0.4 is 5.32 Å². The number of H-pyrrole nitrogens is 1. The number of anilines is 1. The van der Waals surface area contributed by atoms with E-state index in [9.17, 15) is 13.6 Å². The van der Waals surface area contributed by atoms with Crippen molar-refractivity contribution in [3.63, 3.8) is 0 Å². The first-order valence-electron chi connectivity index (χ1n) is 5.39. The van der Waals surface area contributed by atoms with Crippen LogP contribution in [0.15, 0.2) is 18.2 Å². The molecule has 0 saturated carbocycles. The van der Waals surface area contributed by atoms with Crippen molar-refractivity contribution in [2.75, 3.05) is 5.32 Å². The van der Waals surface area contributed by atoms with Gasteiger partial charge in [-0.15, -0.1) is 11.3 Å². The number of hydrogen-bond donors (Lipinski definition) is 2. The number of carbonyl (C=O) groups excluding carboxylic acids is 1. The van der Waals surface area contributed by atoms with Gasteiger partial charge in [-0.25, -0.2) is 8.78 Å². The first kappa shape index (κ1) is 13.8. The quantitative estimate of drug-likeness (QED) is 0.851. The van der Waals surface area contributed by atoms with Crippen molar-refractivity contribution < 1.29 is 13.6 Å². The molecule has 0 saturated heterocycles. The minimum absolute atomic E-state index is 0.142. The largest absolute Gasteiger partial charge is 0.341 e. The number of hydrogen-bond acceptors (Lipinski definition) is 3. The lowest BCUT2D eigenvalue weighted by molar-refractivity contribution is -0.115. The summed E-state index contributed by atoms with van der Waals surface area (Å²) in [5.74, 6) is -2.25. The van der Waals surface area contributed by atoms with Crippen LogP contribution in [0.25, 0.3) is 0 Å². The fourth-order valence-electron chi connectivity index (χ4n) is 1.53. The lowest BCUT2D eigenvalue weighted by Gasteiger charge is -2.05. The topological polar surface area (TPSA) is 44.9 Å². The summed E-state index contributed by atoms with van der Waals surface area (Å²) in [4.78, 5) is 15.5. The first-order valence-corrected chi connectivity index (χ1v) is 6.61. The summed E-state index contributed by atoms with van der Waals surface area (Å²) in [5, 5.41) is 2.51. The predicted molar refractivity (Wildman–Crippen MR) is 72.9 cm³/mol. The third-order valence-corrected chi connectivity index (χ3v) is 3.78. The highest BCUT2D eigenvalue weighted by molar-refractivity contribution is 7.73. The maximum atomic E-state index is 13.0. The molecule has 7 heteroatoms. The lowest BCUT2D eigenvalue weighted by Crippen LogP contribution is -2.14. The predicted octanol–water partition coefficient (Wildman–Crippen LogP) is 3.57. The average molecular weight is 300 g/mol. The highest BCUT2D eigenvalue weighted by Gasteiger charge is 2.10. The van der Waals surface area contributed by atoms with Crippen molar-refractivity contribution in [1.82, 2.24) is 4.98 Å². The summed E-state index contributed by atoms with van der Waals surface area (Å²) in [6.07, 6.45) is 0.142. The van der Waals surface area contributed by atoms with Gasteiger partial charge in [-0.3, -0.25) is 4.79 Å². The summed E-state index contributed by atoms with van der Waals surface area (Å²) < 4.78 is 26.3. The van der Waals surface area contributed by atoms with E-state index in [1.54, 1.807) is 0 Å². The normalized spacial score (nSPS) is 10.5. The molecule has 0 bridgehead atoms. The van der Waals surface area contributed by atoms with Crippen molar-refractivity contribution in [2.45, 2.75) is 13.3 Å². The minimum Gasteiger partial charge on any atom is -0.341 e. The molecule has 3 nitrogen and oxygen atoms in total. The Balaban J connectivity index is 2.07. The monoisotopic (exact) mass is 300 g/mol. The molecule has 0 aliphatic rings. The van der Waals surface area contributed by atoms with Gasteiger partial charge in [-0.05, 0) is 31.3 Å². The molecule has 1 heterocycles. The van der Waals surface area contributed by atoms with Gasteiger partial charge < -0.3 is 10.3 Å². The molecule has 2 rings (SSSR count). The van der Waals surface area contributed by atoms with Crippen LogP contribution in [0.3, 0.4) is 0 Å². The molecule has 0 unspecified atom stereocenters. The second kappa shape index (κ2) is 5.58. The van der Waals surface area contributed by atoms with Gasteiger partial charge in [0.25, 0.3) is 0 Å². The molecular formula is C12H10F2N2OS2. The van der Waals surface area contributed by atoms with E-state index in [2.05, 4.69) is 10.3 Å². The van der Waals surface area contributed by atoms with Crippen LogP contribution in [0.2, 0.25) is 0 Å². The second-order valence-corrected chi connectivity index (χ2v) is 5.69. The molecular weight excluding hydrogens is 290 g/mol. The SMILES string of the molecule is Cc1[nH]c(=S)sc1CC(=O)Nc1ccc(F)c(F)c1. The fraction of sp³-hybridized carbons (Fsp3) is 0.167. The Hall–Kier alpha value is -1.60. The molecule has 1 amide bonds. The molecule has 0 spiro atoms. The van der Waals surface area contributed by atoms with E-state index in [-0.39, 0.29) is 18.0 Å². The molecule has 0 fully saturated rings. The van der Waals surface area contributed by atoms with Crippen LogP contribution in [0.1, 0.15) is 10.6 Å². The van der Waals surface area contributed by atoms with Crippen LogP contribution in [0.4, 0.5) is 14.5 Å². The molecule has 2 N–H and O–H groups in total. The smallest absolute Gasteiger partial charge is 0.229 e. The van der Waals surface area contributed by atoms with Crippen LogP contribution in [-0.2, 0) is 11.2 Å². The number of aromatic amines is 1. The van der Waals surface area contributed by atoms with Gasteiger partial charge >= 0.3 is 0 Å². The Kier molecular flexibility index (Phi) is 4.06. The summed E-state index contributed by atoms with van der Waals surface area (Å²) in [5.41, 5.74) is 1.07. The van der Waals surface area contributed by atoms with Gasteiger partial charge in [0.15, 0.2) is 15.6 Å². The third-order valence-electron chi connectivity index (χ3n) is 2.45. The molecule has 1 aromatic heterocycles. The fourth-order valence-corrected chi connectivity index (χ4v) is 2.82. The number of halogens is 2. The molecule has 0 atom stereocenters. The third kappa shape index (κ3) is 3.45. The van der Waals surface area contributed by atoms with E-state index in [0.717, 1.165) is 22.7 Å². The Bertz CT molecular complexity index is 679. The minimum atomic E-state index is -0.994. The van der Waals surface area contributed by atoms with E-state index < -0.39 is 11.6 Å². The maximum absolute atomic E-state index is 13.0. The van der Waals surface area contributed by atoms with Gasteiger partial charge in [0, 0.05) is 22.3 Å². The molecule has 0 radical (unpaired) electrons. The number of nitrogens with one attached hydrogen (secondary N) is 2. The molecule has 2 aromatic rings.